The highest BCUT2D eigenvalue weighted by atomic mass is 32.1. The second kappa shape index (κ2) is 7.79. The summed E-state index contributed by atoms with van der Waals surface area (Å²) < 4.78 is 44.5. The van der Waals surface area contributed by atoms with Crippen LogP contribution in [0.1, 0.15) is 27.2 Å². The quantitative estimate of drug-likeness (QED) is 0.641. The van der Waals surface area contributed by atoms with Gasteiger partial charge in [0.25, 0.3) is 5.91 Å². The lowest BCUT2D eigenvalue weighted by Gasteiger charge is -2.13. The zero-order valence-electron chi connectivity index (χ0n) is 14.2. The molecular formula is C19H15F3N2O2S. The first-order chi connectivity index (χ1) is 12.8. The zero-order valence-corrected chi connectivity index (χ0v) is 15.0. The monoisotopic (exact) mass is 392 g/mol. The molecule has 0 bridgehead atoms. The number of benzene rings is 2. The van der Waals surface area contributed by atoms with Crippen molar-refractivity contribution in [3.05, 3.63) is 75.7 Å². The molecule has 140 valence electrons. The molecule has 0 aliphatic heterocycles. The summed E-state index contributed by atoms with van der Waals surface area (Å²) in [6.45, 7) is 1.69. The Morgan fingerprint density at radius 1 is 1.19 bits per heavy atom. The van der Waals surface area contributed by atoms with Crippen molar-refractivity contribution in [2.75, 3.05) is 5.32 Å². The minimum absolute atomic E-state index is 0.0850. The number of ether oxygens (including phenoxy) is 1. The van der Waals surface area contributed by atoms with Gasteiger partial charge in [-0.05, 0) is 48.9 Å². The van der Waals surface area contributed by atoms with Gasteiger partial charge in [-0.3, -0.25) is 4.79 Å². The molecule has 27 heavy (non-hydrogen) atoms. The Balaban J connectivity index is 1.66. The van der Waals surface area contributed by atoms with Crippen molar-refractivity contribution in [2.45, 2.75) is 19.7 Å². The number of hydrogen-bond donors (Lipinski definition) is 1. The van der Waals surface area contributed by atoms with Gasteiger partial charge in [-0.2, -0.15) is 13.2 Å². The molecule has 0 aliphatic carbocycles. The second-order valence-corrected chi connectivity index (χ2v) is 6.49. The topological polar surface area (TPSA) is 51.2 Å². The fraction of sp³-hybridized carbons (Fsp3) is 0.158. The number of anilines is 1. The summed E-state index contributed by atoms with van der Waals surface area (Å²) in [6.07, 6.45) is -4.47. The molecule has 1 N–H and O–H groups in total. The molecule has 0 aliphatic rings. The Kier molecular flexibility index (Phi) is 5.46. The number of hydrogen-bond acceptors (Lipinski definition) is 4. The SMILES string of the molecule is Cc1ccc(NC(=O)c2ccc(OCc3cscn3)cc2)cc1C(F)(F)F. The Bertz CT molecular complexity index is 923. The van der Waals surface area contributed by atoms with Gasteiger partial charge in [0.15, 0.2) is 0 Å². The lowest BCUT2D eigenvalue weighted by Crippen LogP contribution is -2.14. The van der Waals surface area contributed by atoms with Crippen molar-refractivity contribution in [2.24, 2.45) is 0 Å². The number of aryl methyl sites for hydroxylation is 1. The Morgan fingerprint density at radius 3 is 2.56 bits per heavy atom. The van der Waals surface area contributed by atoms with Gasteiger partial charge in [-0.1, -0.05) is 6.07 Å². The van der Waals surface area contributed by atoms with Crippen LogP contribution in [0.25, 0.3) is 0 Å². The van der Waals surface area contributed by atoms with Crippen molar-refractivity contribution in [3.63, 3.8) is 0 Å². The molecule has 4 nitrogen and oxygen atoms in total. The van der Waals surface area contributed by atoms with Crippen LogP contribution in [0.4, 0.5) is 18.9 Å². The summed E-state index contributed by atoms with van der Waals surface area (Å²) in [4.78, 5) is 16.4. The van der Waals surface area contributed by atoms with Gasteiger partial charge in [0.05, 0.1) is 16.8 Å². The number of nitrogens with one attached hydrogen (secondary N) is 1. The Hall–Kier alpha value is -2.87. The van der Waals surface area contributed by atoms with E-state index in [-0.39, 0.29) is 11.3 Å². The summed E-state index contributed by atoms with van der Waals surface area (Å²) in [6, 6.07) is 10.0. The van der Waals surface area contributed by atoms with Crippen LogP contribution >= 0.6 is 11.3 Å². The predicted octanol–water partition coefficient (Wildman–Crippen LogP) is 5.30. The maximum Gasteiger partial charge on any atom is 0.416 e. The van der Waals surface area contributed by atoms with Gasteiger partial charge in [-0.15, -0.1) is 11.3 Å². The average Bonchev–Trinajstić information content (AvgIpc) is 3.14. The van der Waals surface area contributed by atoms with Gasteiger partial charge in [0.1, 0.15) is 12.4 Å². The molecule has 0 spiro atoms. The summed E-state index contributed by atoms with van der Waals surface area (Å²) in [5.41, 5.74) is 2.24. The molecule has 0 fully saturated rings. The minimum atomic E-state index is -4.47. The van der Waals surface area contributed by atoms with E-state index in [4.69, 9.17) is 4.74 Å². The molecule has 0 saturated heterocycles. The molecule has 0 saturated carbocycles. The van der Waals surface area contributed by atoms with Crippen molar-refractivity contribution >= 4 is 22.9 Å². The second-order valence-electron chi connectivity index (χ2n) is 5.77. The first-order valence-corrected chi connectivity index (χ1v) is 8.86. The maximum absolute atomic E-state index is 13.0. The van der Waals surface area contributed by atoms with E-state index in [1.807, 2.05) is 5.38 Å². The third kappa shape index (κ3) is 4.85. The summed E-state index contributed by atoms with van der Waals surface area (Å²) in [5.74, 6) is 0.0623. The molecule has 3 aromatic rings. The molecule has 3 rings (SSSR count). The number of aromatic nitrogens is 1. The third-order valence-electron chi connectivity index (χ3n) is 3.79. The molecule has 1 amide bonds. The van der Waals surface area contributed by atoms with Gasteiger partial charge < -0.3 is 10.1 Å². The van der Waals surface area contributed by atoms with E-state index < -0.39 is 17.6 Å². The molecule has 1 aromatic heterocycles. The zero-order chi connectivity index (χ0) is 19.4. The molecule has 0 atom stereocenters. The van der Waals surface area contributed by atoms with Gasteiger partial charge in [0.2, 0.25) is 0 Å². The number of halogens is 3. The van der Waals surface area contributed by atoms with Crippen LogP contribution in [0.15, 0.2) is 53.4 Å². The van der Waals surface area contributed by atoms with Crippen LogP contribution in [0.3, 0.4) is 0 Å². The third-order valence-corrected chi connectivity index (χ3v) is 4.42. The number of rotatable bonds is 5. The van der Waals surface area contributed by atoms with E-state index in [0.717, 1.165) is 11.8 Å². The number of alkyl halides is 3. The molecule has 8 heteroatoms. The number of thiazole rings is 1. The normalized spacial score (nSPS) is 11.3. The van der Waals surface area contributed by atoms with E-state index in [0.29, 0.717) is 17.9 Å². The molecule has 2 aromatic carbocycles. The molecule has 0 radical (unpaired) electrons. The highest BCUT2D eigenvalue weighted by Crippen LogP contribution is 2.33. The molecular weight excluding hydrogens is 377 g/mol. The van der Waals surface area contributed by atoms with E-state index in [1.165, 1.54) is 30.4 Å². The van der Waals surface area contributed by atoms with E-state index in [1.54, 1.807) is 29.8 Å². The Labute approximate surface area is 157 Å². The summed E-state index contributed by atoms with van der Waals surface area (Å²) >= 11 is 1.47. The number of amides is 1. The number of nitrogens with zero attached hydrogens (tertiary/aromatic N) is 1. The van der Waals surface area contributed by atoms with Crippen LogP contribution < -0.4 is 10.1 Å². The maximum atomic E-state index is 13.0. The van der Waals surface area contributed by atoms with E-state index in [9.17, 15) is 18.0 Å². The van der Waals surface area contributed by atoms with Crippen molar-refractivity contribution < 1.29 is 22.7 Å². The van der Waals surface area contributed by atoms with Crippen LogP contribution in [0.5, 0.6) is 5.75 Å². The summed E-state index contributed by atoms with van der Waals surface area (Å²) in [5, 5.41) is 4.36. The lowest BCUT2D eigenvalue weighted by molar-refractivity contribution is -0.138. The van der Waals surface area contributed by atoms with Crippen molar-refractivity contribution in [1.82, 2.24) is 4.98 Å². The lowest BCUT2D eigenvalue weighted by atomic mass is 10.1. The van der Waals surface area contributed by atoms with Crippen LogP contribution in [0, 0.1) is 6.92 Å². The van der Waals surface area contributed by atoms with Gasteiger partial charge in [-0.25, -0.2) is 4.98 Å². The van der Waals surface area contributed by atoms with Gasteiger partial charge in [0, 0.05) is 16.6 Å². The number of carbonyl (C=O) groups is 1. The number of carbonyl (C=O) groups excluding carboxylic acids is 1. The van der Waals surface area contributed by atoms with Crippen LogP contribution in [-0.4, -0.2) is 10.9 Å². The first kappa shape index (κ1) is 18.9. The Morgan fingerprint density at radius 2 is 1.93 bits per heavy atom. The highest BCUT2D eigenvalue weighted by molar-refractivity contribution is 7.07. The standard InChI is InChI=1S/C19H15F3N2O2S/c1-12-2-5-14(8-17(12)19(20,21)22)24-18(25)13-3-6-16(7-4-13)26-9-15-10-27-11-23-15/h2-8,10-11H,9H2,1H3,(H,24,25). The summed E-state index contributed by atoms with van der Waals surface area (Å²) in [7, 11) is 0. The molecule has 1 heterocycles. The van der Waals surface area contributed by atoms with Crippen LogP contribution in [-0.2, 0) is 12.8 Å². The molecule has 0 unspecified atom stereocenters. The van der Waals surface area contributed by atoms with Gasteiger partial charge >= 0.3 is 6.18 Å². The smallest absolute Gasteiger partial charge is 0.416 e. The predicted molar refractivity (Wildman–Crippen MR) is 97.0 cm³/mol. The fourth-order valence-corrected chi connectivity index (χ4v) is 2.92. The van der Waals surface area contributed by atoms with Crippen molar-refractivity contribution in [3.8, 4) is 5.75 Å². The first-order valence-electron chi connectivity index (χ1n) is 7.92. The average molecular weight is 392 g/mol. The fourth-order valence-electron chi connectivity index (χ4n) is 2.38. The van der Waals surface area contributed by atoms with Crippen LogP contribution in [0.2, 0.25) is 0 Å². The van der Waals surface area contributed by atoms with E-state index >= 15 is 0 Å². The highest BCUT2D eigenvalue weighted by Gasteiger charge is 2.32. The van der Waals surface area contributed by atoms with E-state index in [2.05, 4.69) is 10.3 Å². The van der Waals surface area contributed by atoms with Crippen molar-refractivity contribution in [1.29, 1.82) is 0 Å². The largest absolute Gasteiger partial charge is 0.487 e. The minimum Gasteiger partial charge on any atom is -0.487 e.